The lowest BCUT2D eigenvalue weighted by Crippen LogP contribution is -2.06. The standard InChI is InChI=1S/C10H14O2.C8H12N2O2.CH4/c1-9-5-3-4-6-10(9)12-8-7-11-2;1-4-12-8(11)7-5-9-10(3)6(7)2;/h3-6H,7-8H2,1-2H3;5H,4H2,1-3H3;1H4. The molecule has 6 nitrogen and oxygen atoms in total. The zero-order chi connectivity index (χ0) is 17.9. The molecule has 0 unspecified atom stereocenters. The Bertz CT molecular complexity index is 638. The van der Waals surface area contributed by atoms with E-state index >= 15 is 0 Å². The van der Waals surface area contributed by atoms with E-state index in [9.17, 15) is 4.79 Å². The molecule has 0 aliphatic heterocycles. The fourth-order valence-corrected chi connectivity index (χ4v) is 1.86. The number of hydrogen-bond acceptors (Lipinski definition) is 5. The molecule has 0 atom stereocenters. The number of ether oxygens (including phenoxy) is 3. The molecule has 6 heteroatoms. The maximum absolute atomic E-state index is 11.2. The molecular formula is C19H30N2O4. The second kappa shape index (κ2) is 12.1. The quantitative estimate of drug-likeness (QED) is 0.589. The molecule has 140 valence electrons. The molecule has 0 saturated carbocycles. The number of esters is 1. The molecular weight excluding hydrogens is 320 g/mol. The Hall–Kier alpha value is -2.34. The summed E-state index contributed by atoms with van der Waals surface area (Å²) in [5.74, 6) is 0.637. The highest BCUT2D eigenvalue weighted by Crippen LogP contribution is 2.15. The molecule has 0 aliphatic carbocycles. The van der Waals surface area contributed by atoms with Crippen molar-refractivity contribution in [2.45, 2.75) is 28.2 Å². The van der Waals surface area contributed by atoms with Gasteiger partial charge in [-0.15, -0.1) is 0 Å². The molecule has 0 radical (unpaired) electrons. The lowest BCUT2D eigenvalue weighted by atomic mass is 10.2. The third kappa shape index (κ3) is 7.39. The van der Waals surface area contributed by atoms with E-state index in [1.165, 1.54) is 6.20 Å². The Morgan fingerprint density at radius 3 is 2.40 bits per heavy atom. The number of rotatable bonds is 6. The average molecular weight is 350 g/mol. The number of nitrogens with zero attached hydrogens (tertiary/aromatic N) is 2. The Labute approximate surface area is 150 Å². The minimum atomic E-state index is -0.303. The van der Waals surface area contributed by atoms with Crippen molar-refractivity contribution in [2.24, 2.45) is 7.05 Å². The van der Waals surface area contributed by atoms with Gasteiger partial charge in [0.2, 0.25) is 0 Å². The predicted molar refractivity (Wildman–Crippen MR) is 99.2 cm³/mol. The smallest absolute Gasteiger partial charge is 0.341 e. The van der Waals surface area contributed by atoms with Crippen LogP contribution in [0.5, 0.6) is 5.75 Å². The monoisotopic (exact) mass is 350 g/mol. The van der Waals surface area contributed by atoms with Gasteiger partial charge in [0.1, 0.15) is 17.9 Å². The number of aryl methyl sites for hydroxylation is 2. The van der Waals surface area contributed by atoms with Crippen molar-refractivity contribution in [2.75, 3.05) is 26.9 Å². The summed E-state index contributed by atoms with van der Waals surface area (Å²) in [6, 6.07) is 7.96. The molecule has 0 bridgehead atoms. The molecule has 1 aromatic carbocycles. The third-order valence-corrected chi connectivity index (χ3v) is 3.37. The SMILES string of the molecule is C.CCOC(=O)c1cnn(C)c1C.COCCOc1ccccc1C. The van der Waals surface area contributed by atoms with Crippen LogP contribution in [0.1, 0.15) is 36.0 Å². The number of methoxy groups -OCH3 is 1. The lowest BCUT2D eigenvalue weighted by Gasteiger charge is -2.07. The molecule has 2 aromatic rings. The fraction of sp³-hybridized carbons (Fsp3) is 0.474. The first-order chi connectivity index (χ1) is 11.5. The van der Waals surface area contributed by atoms with Gasteiger partial charge in [-0.2, -0.15) is 5.10 Å². The highest BCUT2D eigenvalue weighted by atomic mass is 16.5. The van der Waals surface area contributed by atoms with Crippen LogP contribution in [0.4, 0.5) is 0 Å². The van der Waals surface area contributed by atoms with E-state index in [-0.39, 0.29) is 13.4 Å². The van der Waals surface area contributed by atoms with Crippen molar-refractivity contribution in [3.63, 3.8) is 0 Å². The summed E-state index contributed by atoms with van der Waals surface area (Å²) in [4.78, 5) is 11.2. The van der Waals surface area contributed by atoms with Crippen molar-refractivity contribution in [3.05, 3.63) is 47.3 Å². The molecule has 0 N–H and O–H groups in total. The van der Waals surface area contributed by atoms with Crippen LogP contribution in [-0.2, 0) is 16.5 Å². The van der Waals surface area contributed by atoms with Gasteiger partial charge in [-0.1, -0.05) is 25.6 Å². The molecule has 1 heterocycles. The Kier molecular flexibility index (Phi) is 11.0. The molecule has 0 amide bonds. The summed E-state index contributed by atoms with van der Waals surface area (Å²) in [6.45, 7) is 7.29. The molecule has 25 heavy (non-hydrogen) atoms. The highest BCUT2D eigenvalue weighted by molar-refractivity contribution is 5.90. The number of hydrogen-bond donors (Lipinski definition) is 0. The highest BCUT2D eigenvalue weighted by Gasteiger charge is 2.12. The minimum Gasteiger partial charge on any atom is -0.491 e. The molecule has 0 aliphatic rings. The first kappa shape index (κ1) is 22.7. The lowest BCUT2D eigenvalue weighted by molar-refractivity contribution is 0.0525. The molecule has 0 saturated heterocycles. The summed E-state index contributed by atoms with van der Waals surface area (Å²) < 4.78 is 16.8. The van der Waals surface area contributed by atoms with Crippen molar-refractivity contribution in [1.82, 2.24) is 9.78 Å². The van der Waals surface area contributed by atoms with E-state index in [0.717, 1.165) is 17.0 Å². The first-order valence-electron chi connectivity index (χ1n) is 7.84. The number of carbonyl (C=O) groups is 1. The third-order valence-electron chi connectivity index (χ3n) is 3.37. The van der Waals surface area contributed by atoms with E-state index in [2.05, 4.69) is 5.10 Å². The van der Waals surface area contributed by atoms with Crippen LogP contribution in [0.3, 0.4) is 0 Å². The second-order valence-electron chi connectivity index (χ2n) is 5.09. The van der Waals surface area contributed by atoms with Gasteiger partial charge in [-0.3, -0.25) is 4.68 Å². The van der Waals surface area contributed by atoms with E-state index in [1.807, 2.05) is 38.1 Å². The van der Waals surface area contributed by atoms with Gasteiger partial charge >= 0.3 is 5.97 Å². The van der Waals surface area contributed by atoms with E-state index in [0.29, 0.717) is 25.4 Å². The van der Waals surface area contributed by atoms with Crippen LogP contribution in [0.2, 0.25) is 0 Å². The molecule has 0 spiro atoms. The largest absolute Gasteiger partial charge is 0.491 e. The maximum Gasteiger partial charge on any atom is 0.341 e. The zero-order valence-corrected chi connectivity index (χ0v) is 15.0. The van der Waals surface area contributed by atoms with Crippen molar-refractivity contribution < 1.29 is 19.0 Å². The summed E-state index contributed by atoms with van der Waals surface area (Å²) in [5, 5.41) is 3.94. The predicted octanol–water partition coefficient (Wildman–Crippen LogP) is 3.56. The van der Waals surface area contributed by atoms with Crippen LogP contribution >= 0.6 is 0 Å². The zero-order valence-electron chi connectivity index (χ0n) is 15.0. The summed E-state index contributed by atoms with van der Waals surface area (Å²) in [7, 11) is 3.46. The van der Waals surface area contributed by atoms with Crippen LogP contribution < -0.4 is 4.74 Å². The van der Waals surface area contributed by atoms with Crippen molar-refractivity contribution in [1.29, 1.82) is 0 Å². The molecule has 2 rings (SSSR count). The normalized spacial score (nSPS) is 9.48. The Morgan fingerprint density at radius 1 is 1.20 bits per heavy atom. The van der Waals surface area contributed by atoms with Gasteiger partial charge in [-0.05, 0) is 32.4 Å². The van der Waals surface area contributed by atoms with E-state index in [1.54, 1.807) is 25.8 Å². The summed E-state index contributed by atoms with van der Waals surface area (Å²) in [5.41, 5.74) is 2.53. The maximum atomic E-state index is 11.2. The summed E-state index contributed by atoms with van der Waals surface area (Å²) >= 11 is 0. The molecule has 0 fully saturated rings. The summed E-state index contributed by atoms with van der Waals surface area (Å²) in [6.07, 6.45) is 1.52. The number of carbonyl (C=O) groups excluding carboxylic acids is 1. The van der Waals surface area contributed by atoms with E-state index in [4.69, 9.17) is 14.2 Å². The van der Waals surface area contributed by atoms with Crippen molar-refractivity contribution in [3.8, 4) is 5.75 Å². The first-order valence-corrected chi connectivity index (χ1v) is 7.84. The number of para-hydroxylation sites is 1. The second-order valence-corrected chi connectivity index (χ2v) is 5.09. The van der Waals surface area contributed by atoms with Gasteiger partial charge in [0.25, 0.3) is 0 Å². The van der Waals surface area contributed by atoms with E-state index < -0.39 is 0 Å². The van der Waals surface area contributed by atoms with Crippen LogP contribution in [-0.4, -0.2) is 42.7 Å². The number of aromatic nitrogens is 2. The van der Waals surface area contributed by atoms with Crippen LogP contribution in [0.25, 0.3) is 0 Å². The topological polar surface area (TPSA) is 62.6 Å². The van der Waals surface area contributed by atoms with Gasteiger partial charge in [-0.25, -0.2) is 4.79 Å². The van der Waals surface area contributed by atoms with Crippen LogP contribution in [0, 0.1) is 13.8 Å². The van der Waals surface area contributed by atoms with Gasteiger partial charge in [0.05, 0.1) is 19.4 Å². The van der Waals surface area contributed by atoms with Crippen molar-refractivity contribution >= 4 is 5.97 Å². The van der Waals surface area contributed by atoms with Gasteiger partial charge in [0, 0.05) is 19.9 Å². The van der Waals surface area contributed by atoms with Gasteiger partial charge < -0.3 is 14.2 Å². The Morgan fingerprint density at radius 2 is 1.88 bits per heavy atom. The Balaban J connectivity index is 0.000000443. The van der Waals surface area contributed by atoms with Gasteiger partial charge in [0.15, 0.2) is 0 Å². The number of benzene rings is 1. The average Bonchev–Trinajstić information content (AvgIpc) is 2.90. The molecule has 1 aromatic heterocycles. The minimum absolute atomic E-state index is 0. The fourth-order valence-electron chi connectivity index (χ4n) is 1.86. The van der Waals surface area contributed by atoms with Crippen LogP contribution in [0.15, 0.2) is 30.5 Å².